The van der Waals surface area contributed by atoms with Crippen molar-refractivity contribution in [1.82, 2.24) is 0 Å². The fourth-order valence-electron chi connectivity index (χ4n) is 1.42. The number of methoxy groups -OCH3 is 1. The molecule has 0 aromatic rings. The first-order valence-corrected chi connectivity index (χ1v) is 6.21. The van der Waals surface area contributed by atoms with E-state index in [1.54, 1.807) is 0 Å². The summed E-state index contributed by atoms with van der Waals surface area (Å²) in [5.74, 6) is -0.653. The van der Waals surface area contributed by atoms with E-state index in [0.717, 1.165) is 0 Å². The molecule has 0 bridgehead atoms. The molecular weight excluding hydrogens is 236 g/mol. The van der Waals surface area contributed by atoms with Crippen LogP contribution in [-0.4, -0.2) is 35.9 Å². The minimum atomic E-state index is -0.698. The zero-order chi connectivity index (χ0) is 14.2. The van der Waals surface area contributed by atoms with E-state index >= 15 is 0 Å². The molecule has 0 aliphatic rings. The first-order valence-electron chi connectivity index (χ1n) is 6.21. The molecule has 0 aliphatic carbocycles. The molecule has 1 N–H and O–H groups in total. The summed E-state index contributed by atoms with van der Waals surface area (Å²) in [6.45, 7) is 5.47. The fourth-order valence-corrected chi connectivity index (χ4v) is 1.42. The zero-order valence-corrected chi connectivity index (χ0v) is 11.7. The molecule has 0 saturated carbocycles. The zero-order valence-electron chi connectivity index (χ0n) is 11.7. The largest absolute Gasteiger partial charge is 0.469 e. The molecule has 0 fully saturated rings. The van der Waals surface area contributed by atoms with Crippen LogP contribution in [0.5, 0.6) is 0 Å². The number of esters is 2. The average molecular weight is 260 g/mol. The predicted octanol–water partition coefficient (Wildman–Crippen LogP) is 1.81. The van der Waals surface area contributed by atoms with Gasteiger partial charge in [0.25, 0.3) is 0 Å². The Morgan fingerprint density at radius 3 is 2.28 bits per heavy atom. The Morgan fingerprint density at radius 1 is 1.17 bits per heavy atom. The molecule has 0 aromatic heterocycles. The van der Waals surface area contributed by atoms with Gasteiger partial charge >= 0.3 is 11.9 Å². The second kappa shape index (κ2) is 8.08. The SMILES string of the molecule is COC(=O)C[C@H](O)CCCCC(=O)OC(C)(C)C. The Hall–Kier alpha value is -1.10. The number of carbonyl (C=O) groups excluding carboxylic acids is 2. The number of carbonyl (C=O) groups is 2. The van der Waals surface area contributed by atoms with Crippen LogP contribution in [0.3, 0.4) is 0 Å². The summed E-state index contributed by atoms with van der Waals surface area (Å²) < 4.78 is 9.60. The summed E-state index contributed by atoms with van der Waals surface area (Å²) in [7, 11) is 1.29. The molecule has 0 unspecified atom stereocenters. The van der Waals surface area contributed by atoms with Crippen molar-refractivity contribution in [2.75, 3.05) is 7.11 Å². The van der Waals surface area contributed by atoms with Gasteiger partial charge in [0.05, 0.1) is 19.6 Å². The van der Waals surface area contributed by atoms with Crippen molar-refractivity contribution in [2.45, 2.75) is 64.6 Å². The van der Waals surface area contributed by atoms with E-state index in [2.05, 4.69) is 4.74 Å². The number of hydrogen-bond acceptors (Lipinski definition) is 5. The van der Waals surface area contributed by atoms with Crippen molar-refractivity contribution in [1.29, 1.82) is 0 Å². The van der Waals surface area contributed by atoms with Crippen LogP contribution in [0.25, 0.3) is 0 Å². The van der Waals surface area contributed by atoms with Crippen molar-refractivity contribution < 1.29 is 24.2 Å². The molecule has 18 heavy (non-hydrogen) atoms. The van der Waals surface area contributed by atoms with Gasteiger partial charge in [-0.1, -0.05) is 6.42 Å². The minimum Gasteiger partial charge on any atom is -0.469 e. The lowest BCUT2D eigenvalue weighted by Gasteiger charge is -2.19. The molecule has 0 rings (SSSR count). The molecule has 106 valence electrons. The standard InChI is InChI=1S/C13H24O5/c1-13(2,3)18-11(15)8-6-5-7-10(14)9-12(16)17-4/h10,14H,5-9H2,1-4H3/t10-/m1/s1. The van der Waals surface area contributed by atoms with Crippen LogP contribution in [-0.2, 0) is 19.1 Å². The van der Waals surface area contributed by atoms with E-state index in [1.807, 2.05) is 20.8 Å². The van der Waals surface area contributed by atoms with E-state index in [1.165, 1.54) is 7.11 Å². The van der Waals surface area contributed by atoms with E-state index in [4.69, 9.17) is 4.74 Å². The lowest BCUT2D eigenvalue weighted by molar-refractivity contribution is -0.155. The molecule has 0 saturated heterocycles. The molecule has 5 heteroatoms. The first-order chi connectivity index (χ1) is 8.24. The van der Waals surface area contributed by atoms with Gasteiger partial charge in [-0.3, -0.25) is 9.59 Å². The average Bonchev–Trinajstić information content (AvgIpc) is 2.21. The molecule has 0 aromatic carbocycles. The Bertz CT molecular complexity index is 267. The minimum absolute atomic E-state index is 0.00291. The highest BCUT2D eigenvalue weighted by atomic mass is 16.6. The molecule has 0 radical (unpaired) electrons. The van der Waals surface area contributed by atoms with Gasteiger partial charge < -0.3 is 14.6 Å². The van der Waals surface area contributed by atoms with E-state index < -0.39 is 17.7 Å². The summed E-state index contributed by atoms with van der Waals surface area (Å²) in [6.07, 6.45) is 1.45. The third-order valence-electron chi connectivity index (χ3n) is 2.22. The molecule has 5 nitrogen and oxygen atoms in total. The summed E-state index contributed by atoms with van der Waals surface area (Å²) in [4.78, 5) is 22.2. The lowest BCUT2D eigenvalue weighted by Crippen LogP contribution is -2.23. The van der Waals surface area contributed by atoms with Gasteiger partial charge in [-0.2, -0.15) is 0 Å². The Morgan fingerprint density at radius 2 is 1.78 bits per heavy atom. The maximum Gasteiger partial charge on any atom is 0.308 e. The number of aliphatic hydroxyl groups excluding tert-OH is 1. The summed E-state index contributed by atoms with van der Waals surface area (Å²) >= 11 is 0. The Balaban J connectivity index is 3.61. The van der Waals surface area contributed by atoms with Gasteiger partial charge in [-0.05, 0) is 33.6 Å². The molecule has 0 spiro atoms. The molecular formula is C13H24O5. The maximum absolute atomic E-state index is 11.4. The Labute approximate surface area is 108 Å². The quantitative estimate of drug-likeness (QED) is 0.558. The van der Waals surface area contributed by atoms with Crippen molar-refractivity contribution in [3.05, 3.63) is 0 Å². The van der Waals surface area contributed by atoms with Crippen molar-refractivity contribution >= 4 is 11.9 Å². The second-order valence-corrected chi connectivity index (χ2v) is 5.27. The molecule has 0 aliphatic heterocycles. The number of rotatable bonds is 7. The van der Waals surface area contributed by atoms with Crippen molar-refractivity contribution in [3.63, 3.8) is 0 Å². The highest BCUT2D eigenvalue weighted by Gasteiger charge is 2.16. The van der Waals surface area contributed by atoms with Gasteiger partial charge in [-0.25, -0.2) is 0 Å². The van der Waals surface area contributed by atoms with Crippen LogP contribution in [0.1, 0.15) is 52.9 Å². The third-order valence-corrected chi connectivity index (χ3v) is 2.22. The van der Waals surface area contributed by atoms with E-state index in [9.17, 15) is 14.7 Å². The molecule has 0 heterocycles. The Kier molecular flexibility index (Phi) is 7.59. The highest BCUT2D eigenvalue weighted by Crippen LogP contribution is 2.12. The second-order valence-electron chi connectivity index (χ2n) is 5.27. The van der Waals surface area contributed by atoms with Gasteiger partial charge in [-0.15, -0.1) is 0 Å². The molecule has 0 amide bonds. The van der Waals surface area contributed by atoms with E-state index in [0.29, 0.717) is 25.7 Å². The first kappa shape index (κ1) is 16.9. The van der Waals surface area contributed by atoms with Crippen LogP contribution in [0, 0.1) is 0 Å². The normalized spacial score (nSPS) is 12.9. The van der Waals surface area contributed by atoms with Crippen LogP contribution >= 0.6 is 0 Å². The number of aliphatic hydroxyl groups is 1. The predicted molar refractivity (Wildman–Crippen MR) is 67.0 cm³/mol. The molecule has 1 atom stereocenters. The monoisotopic (exact) mass is 260 g/mol. The highest BCUT2D eigenvalue weighted by molar-refractivity contribution is 5.70. The number of hydrogen-bond donors (Lipinski definition) is 1. The lowest BCUT2D eigenvalue weighted by atomic mass is 10.1. The van der Waals surface area contributed by atoms with Crippen LogP contribution in [0.15, 0.2) is 0 Å². The summed E-state index contributed by atoms with van der Waals surface area (Å²) in [5.41, 5.74) is -0.457. The van der Waals surface area contributed by atoms with Gasteiger partial charge in [0.2, 0.25) is 0 Å². The van der Waals surface area contributed by atoms with Crippen LogP contribution in [0.4, 0.5) is 0 Å². The van der Waals surface area contributed by atoms with Crippen molar-refractivity contribution in [2.24, 2.45) is 0 Å². The maximum atomic E-state index is 11.4. The smallest absolute Gasteiger partial charge is 0.308 e. The van der Waals surface area contributed by atoms with E-state index in [-0.39, 0.29) is 12.4 Å². The third kappa shape index (κ3) is 10.1. The number of unbranched alkanes of at least 4 members (excludes halogenated alkanes) is 1. The van der Waals surface area contributed by atoms with Crippen LogP contribution < -0.4 is 0 Å². The fraction of sp³-hybridized carbons (Fsp3) is 0.846. The van der Waals surface area contributed by atoms with Gasteiger partial charge in [0.1, 0.15) is 5.60 Å². The number of ether oxygens (including phenoxy) is 2. The van der Waals surface area contributed by atoms with Crippen LogP contribution in [0.2, 0.25) is 0 Å². The summed E-state index contributed by atoms with van der Waals surface area (Å²) in [5, 5.41) is 9.49. The van der Waals surface area contributed by atoms with Gasteiger partial charge in [0.15, 0.2) is 0 Å². The van der Waals surface area contributed by atoms with Gasteiger partial charge in [0, 0.05) is 6.42 Å². The topological polar surface area (TPSA) is 72.8 Å². The van der Waals surface area contributed by atoms with Crippen molar-refractivity contribution in [3.8, 4) is 0 Å². The summed E-state index contributed by atoms with van der Waals surface area (Å²) in [6, 6.07) is 0.